The fourth-order valence-electron chi connectivity index (χ4n) is 2.00. The molecule has 1 aliphatic carbocycles. The molecule has 1 aromatic rings. The monoisotopic (exact) mass is 286 g/mol. The van der Waals surface area contributed by atoms with Crippen molar-refractivity contribution < 1.29 is 13.6 Å². The standard InChI is InChI=1S/C13H13ClF2N2O/c14-12-4-1-9(6-17-12)7-18(8-13(15)16)10-2-3-11(19)5-10/h1,4-6,13H,2-3,7-8H2. The summed E-state index contributed by atoms with van der Waals surface area (Å²) >= 11 is 5.68. The Labute approximate surface area is 114 Å². The number of hydrogen-bond donors (Lipinski definition) is 0. The highest BCUT2D eigenvalue weighted by molar-refractivity contribution is 6.29. The van der Waals surface area contributed by atoms with Crippen molar-refractivity contribution >= 4 is 17.4 Å². The van der Waals surface area contributed by atoms with Gasteiger partial charge in [-0.25, -0.2) is 13.8 Å². The van der Waals surface area contributed by atoms with Crippen LogP contribution in [0.1, 0.15) is 18.4 Å². The van der Waals surface area contributed by atoms with Crippen molar-refractivity contribution in [2.75, 3.05) is 6.54 Å². The lowest BCUT2D eigenvalue weighted by Gasteiger charge is -2.25. The molecule has 0 unspecified atom stereocenters. The molecule has 0 spiro atoms. The topological polar surface area (TPSA) is 33.2 Å². The van der Waals surface area contributed by atoms with Gasteiger partial charge in [-0.1, -0.05) is 17.7 Å². The Morgan fingerprint density at radius 3 is 2.68 bits per heavy atom. The summed E-state index contributed by atoms with van der Waals surface area (Å²) in [5.74, 6) is -0.0107. The highest BCUT2D eigenvalue weighted by atomic mass is 35.5. The first-order chi connectivity index (χ1) is 9.04. The van der Waals surface area contributed by atoms with Crippen LogP contribution in [0.4, 0.5) is 8.78 Å². The van der Waals surface area contributed by atoms with Crippen molar-refractivity contribution in [1.82, 2.24) is 9.88 Å². The Balaban J connectivity index is 2.11. The lowest BCUT2D eigenvalue weighted by Crippen LogP contribution is -2.27. The molecule has 6 heteroatoms. The van der Waals surface area contributed by atoms with Gasteiger partial charge in [-0.15, -0.1) is 0 Å². The van der Waals surface area contributed by atoms with Gasteiger partial charge in [0.2, 0.25) is 0 Å². The zero-order valence-electron chi connectivity index (χ0n) is 10.2. The van der Waals surface area contributed by atoms with E-state index in [2.05, 4.69) is 4.98 Å². The van der Waals surface area contributed by atoms with Crippen molar-refractivity contribution in [2.45, 2.75) is 25.8 Å². The maximum absolute atomic E-state index is 12.6. The summed E-state index contributed by atoms with van der Waals surface area (Å²) in [4.78, 5) is 16.7. The zero-order chi connectivity index (χ0) is 13.8. The predicted octanol–water partition coefficient (Wildman–Crippen LogP) is 3.05. The molecule has 0 saturated carbocycles. The fourth-order valence-corrected chi connectivity index (χ4v) is 2.11. The van der Waals surface area contributed by atoms with Gasteiger partial charge in [-0.2, -0.15) is 0 Å². The first kappa shape index (κ1) is 13.9. The van der Waals surface area contributed by atoms with E-state index in [-0.39, 0.29) is 12.3 Å². The second-order valence-corrected chi connectivity index (χ2v) is 4.75. The average molecular weight is 287 g/mol. The minimum absolute atomic E-state index is 0.0107. The van der Waals surface area contributed by atoms with E-state index < -0.39 is 6.43 Å². The van der Waals surface area contributed by atoms with Crippen LogP contribution in [0.5, 0.6) is 0 Å². The van der Waals surface area contributed by atoms with E-state index in [9.17, 15) is 13.6 Å². The Bertz CT molecular complexity index is 488. The third-order valence-corrected chi connectivity index (χ3v) is 3.11. The molecule has 3 nitrogen and oxygen atoms in total. The normalized spacial score (nSPS) is 14.9. The van der Waals surface area contributed by atoms with E-state index in [1.165, 1.54) is 11.0 Å². The molecule has 0 amide bonds. The van der Waals surface area contributed by atoms with Crippen LogP contribution in [0, 0.1) is 0 Å². The Hall–Kier alpha value is -1.49. The number of halogens is 3. The number of allylic oxidation sites excluding steroid dienone is 2. The van der Waals surface area contributed by atoms with E-state index >= 15 is 0 Å². The van der Waals surface area contributed by atoms with Gasteiger partial charge in [-0.3, -0.25) is 4.79 Å². The highest BCUT2D eigenvalue weighted by Crippen LogP contribution is 2.22. The molecule has 0 atom stereocenters. The van der Waals surface area contributed by atoms with Crippen molar-refractivity contribution in [3.63, 3.8) is 0 Å². The number of pyridine rings is 1. The van der Waals surface area contributed by atoms with E-state index in [1.807, 2.05) is 0 Å². The number of carbonyl (C=O) groups excluding carboxylic acids is 1. The van der Waals surface area contributed by atoms with E-state index in [0.29, 0.717) is 30.2 Å². The average Bonchev–Trinajstić information content (AvgIpc) is 2.77. The Morgan fingerprint density at radius 1 is 1.37 bits per heavy atom. The molecule has 1 heterocycles. The maximum Gasteiger partial charge on any atom is 0.255 e. The molecule has 102 valence electrons. The summed E-state index contributed by atoms with van der Waals surface area (Å²) in [6.45, 7) is -0.0879. The Kier molecular flexibility index (Phi) is 4.47. The quantitative estimate of drug-likeness (QED) is 0.780. The van der Waals surface area contributed by atoms with Crippen LogP contribution in [-0.4, -0.2) is 28.6 Å². The highest BCUT2D eigenvalue weighted by Gasteiger charge is 2.21. The molecule has 19 heavy (non-hydrogen) atoms. The minimum Gasteiger partial charge on any atom is -0.365 e. The molecule has 1 aromatic heterocycles. The number of aromatic nitrogens is 1. The van der Waals surface area contributed by atoms with E-state index in [1.54, 1.807) is 18.3 Å². The predicted molar refractivity (Wildman–Crippen MR) is 68.0 cm³/mol. The van der Waals surface area contributed by atoms with Crippen LogP contribution in [-0.2, 0) is 11.3 Å². The summed E-state index contributed by atoms with van der Waals surface area (Å²) in [5.41, 5.74) is 1.45. The summed E-state index contributed by atoms with van der Waals surface area (Å²) in [5, 5.41) is 0.361. The van der Waals surface area contributed by atoms with Gasteiger partial charge < -0.3 is 4.90 Å². The van der Waals surface area contributed by atoms with Gasteiger partial charge in [0.1, 0.15) is 5.15 Å². The third kappa shape index (κ3) is 3.99. The maximum atomic E-state index is 12.6. The molecule has 0 aliphatic heterocycles. The summed E-state index contributed by atoms with van der Waals surface area (Å²) in [6, 6.07) is 3.36. The lowest BCUT2D eigenvalue weighted by molar-refractivity contribution is -0.114. The molecular formula is C13H13ClF2N2O. The summed E-state index contributed by atoms with van der Waals surface area (Å²) < 4.78 is 25.2. The molecule has 0 saturated heterocycles. The van der Waals surface area contributed by atoms with Gasteiger partial charge in [0, 0.05) is 30.9 Å². The van der Waals surface area contributed by atoms with Crippen LogP contribution in [0.25, 0.3) is 0 Å². The molecule has 0 aromatic carbocycles. The van der Waals surface area contributed by atoms with Crippen molar-refractivity contribution in [1.29, 1.82) is 0 Å². The van der Waals surface area contributed by atoms with Gasteiger partial charge in [0.25, 0.3) is 6.43 Å². The molecule has 0 N–H and O–H groups in total. The summed E-state index contributed by atoms with van der Waals surface area (Å²) in [7, 11) is 0. The van der Waals surface area contributed by atoms with E-state index in [4.69, 9.17) is 11.6 Å². The molecule has 1 aliphatic rings. The molecule has 0 radical (unpaired) electrons. The number of carbonyl (C=O) groups is 1. The first-order valence-corrected chi connectivity index (χ1v) is 6.29. The number of rotatable bonds is 5. The van der Waals surface area contributed by atoms with Crippen LogP contribution in [0.2, 0.25) is 5.15 Å². The number of ketones is 1. The molecule has 0 bridgehead atoms. The van der Waals surface area contributed by atoms with Gasteiger partial charge in [0.05, 0.1) is 6.54 Å². The smallest absolute Gasteiger partial charge is 0.255 e. The van der Waals surface area contributed by atoms with Crippen LogP contribution >= 0.6 is 11.6 Å². The van der Waals surface area contributed by atoms with Crippen molar-refractivity contribution in [3.8, 4) is 0 Å². The Morgan fingerprint density at radius 2 is 2.16 bits per heavy atom. The first-order valence-electron chi connectivity index (χ1n) is 5.91. The fraction of sp³-hybridized carbons (Fsp3) is 0.385. The second-order valence-electron chi connectivity index (χ2n) is 4.36. The number of nitrogens with zero attached hydrogens (tertiary/aromatic N) is 2. The molecule has 0 fully saturated rings. The van der Waals surface area contributed by atoms with Gasteiger partial charge in [-0.05, 0) is 18.1 Å². The van der Waals surface area contributed by atoms with Crippen LogP contribution in [0.3, 0.4) is 0 Å². The third-order valence-electron chi connectivity index (χ3n) is 2.88. The summed E-state index contributed by atoms with van der Waals surface area (Å²) in [6.07, 6.45) is 1.47. The van der Waals surface area contributed by atoms with Gasteiger partial charge >= 0.3 is 0 Å². The van der Waals surface area contributed by atoms with Gasteiger partial charge in [0.15, 0.2) is 5.78 Å². The van der Waals surface area contributed by atoms with Crippen molar-refractivity contribution in [3.05, 3.63) is 40.8 Å². The molecule has 2 rings (SSSR count). The number of hydrogen-bond acceptors (Lipinski definition) is 3. The number of alkyl halides is 2. The second kappa shape index (κ2) is 6.10. The largest absolute Gasteiger partial charge is 0.365 e. The van der Waals surface area contributed by atoms with Crippen LogP contribution < -0.4 is 0 Å². The SMILES string of the molecule is O=C1C=C(N(Cc2ccc(Cl)nc2)CC(F)F)CC1. The minimum atomic E-state index is -2.45. The van der Waals surface area contributed by atoms with Crippen LogP contribution in [0.15, 0.2) is 30.1 Å². The molecular weight excluding hydrogens is 274 g/mol. The van der Waals surface area contributed by atoms with E-state index in [0.717, 1.165) is 5.56 Å². The van der Waals surface area contributed by atoms with Crippen molar-refractivity contribution in [2.24, 2.45) is 0 Å². The zero-order valence-corrected chi connectivity index (χ0v) is 10.9. The lowest BCUT2D eigenvalue weighted by atomic mass is 10.2.